The fourth-order valence-corrected chi connectivity index (χ4v) is 3.80. The summed E-state index contributed by atoms with van der Waals surface area (Å²) in [5.41, 5.74) is 3.90. The van der Waals surface area contributed by atoms with Crippen LogP contribution in [0.25, 0.3) is 4.96 Å². The predicted octanol–water partition coefficient (Wildman–Crippen LogP) is 3.59. The lowest BCUT2D eigenvalue weighted by molar-refractivity contribution is 0.599. The third-order valence-corrected chi connectivity index (χ3v) is 4.68. The summed E-state index contributed by atoms with van der Waals surface area (Å²) in [7, 11) is 0. The van der Waals surface area contributed by atoms with Crippen molar-refractivity contribution in [1.29, 1.82) is 0 Å². The summed E-state index contributed by atoms with van der Waals surface area (Å²) < 4.78 is 1.86. The number of aryl methyl sites for hydroxylation is 2. The Morgan fingerprint density at radius 3 is 3.15 bits per heavy atom. The van der Waals surface area contributed by atoms with Gasteiger partial charge in [-0.25, -0.2) is 9.50 Å². The number of fused-ring (bicyclic) bond motifs is 2. The molecule has 3 aromatic rings. The molecule has 102 valence electrons. The minimum Gasteiger partial charge on any atom is -0.353 e. The molecule has 4 nitrogen and oxygen atoms in total. The molecule has 1 aliphatic rings. The first-order chi connectivity index (χ1) is 9.79. The zero-order valence-electron chi connectivity index (χ0n) is 11.3. The van der Waals surface area contributed by atoms with E-state index in [4.69, 9.17) is 0 Å². The van der Waals surface area contributed by atoms with Crippen molar-refractivity contribution in [2.24, 2.45) is 0 Å². The zero-order chi connectivity index (χ0) is 13.5. The maximum Gasteiger partial charge on any atom is 0.214 e. The highest BCUT2D eigenvalue weighted by Gasteiger charge is 2.20. The van der Waals surface area contributed by atoms with Crippen molar-refractivity contribution in [3.8, 4) is 0 Å². The summed E-state index contributed by atoms with van der Waals surface area (Å²) in [5.74, 6) is 0. The van der Waals surface area contributed by atoms with E-state index in [1.165, 1.54) is 24.0 Å². The van der Waals surface area contributed by atoms with Crippen LogP contribution in [0.2, 0.25) is 0 Å². The molecule has 1 unspecified atom stereocenters. The molecule has 1 atom stereocenters. The van der Waals surface area contributed by atoms with E-state index in [-0.39, 0.29) is 0 Å². The zero-order valence-corrected chi connectivity index (χ0v) is 12.2. The number of nitrogens with one attached hydrogen (secondary N) is 1. The molecule has 0 bridgehead atoms. The fraction of sp³-hybridized carbons (Fsp3) is 0.333. The number of rotatable bonds is 2. The molecule has 20 heavy (non-hydrogen) atoms. The molecule has 0 spiro atoms. The van der Waals surface area contributed by atoms with E-state index in [0.717, 1.165) is 22.2 Å². The number of aromatic nitrogens is 3. The van der Waals surface area contributed by atoms with Crippen LogP contribution < -0.4 is 5.32 Å². The Kier molecular flexibility index (Phi) is 2.73. The average Bonchev–Trinajstić information content (AvgIpc) is 2.96. The van der Waals surface area contributed by atoms with Crippen LogP contribution >= 0.6 is 11.3 Å². The topological polar surface area (TPSA) is 42.2 Å². The lowest BCUT2D eigenvalue weighted by Gasteiger charge is -2.25. The minimum atomic E-state index is 0.372. The number of benzene rings is 1. The van der Waals surface area contributed by atoms with Gasteiger partial charge in [-0.3, -0.25) is 0 Å². The average molecular weight is 284 g/mol. The van der Waals surface area contributed by atoms with Crippen molar-refractivity contribution in [1.82, 2.24) is 14.6 Å². The van der Waals surface area contributed by atoms with Gasteiger partial charge >= 0.3 is 0 Å². The summed E-state index contributed by atoms with van der Waals surface area (Å²) in [6, 6.07) is 9.09. The highest BCUT2D eigenvalue weighted by molar-refractivity contribution is 7.20. The van der Waals surface area contributed by atoms with Crippen molar-refractivity contribution in [2.75, 3.05) is 5.32 Å². The standard InChI is InChI=1S/C15H16N4S/c1-10-9-19-15(16-10)20-14(18-19)17-13-8-4-6-11-5-2-3-7-12(11)13/h2-3,5,7,9,13H,4,6,8H2,1H3,(H,17,18). The highest BCUT2D eigenvalue weighted by Crippen LogP contribution is 2.33. The summed E-state index contributed by atoms with van der Waals surface area (Å²) in [5, 5.41) is 9.09. The molecule has 0 fully saturated rings. The van der Waals surface area contributed by atoms with E-state index in [1.54, 1.807) is 11.3 Å². The molecule has 0 amide bonds. The van der Waals surface area contributed by atoms with Gasteiger partial charge in [0.2, 0.25) is 10.1 Å². The lowest BCUT2D eigenvalue weighted by atomic mass is 9.88. The molecule has 0 saturated heterocycles. The van der Waals surface area contributed by atoms with Gasteiger partial charge in [0.1, 0.15) is 0 Å². The Hall–Kier alpha value is -1.88. The monoisotopic (exact) mass is 284 g/mol. The minimum absolute atomic E-state index is 0.372. The molecule has 1 aromatic carbocycles. The summed E-state index contributed by atoms with van der Waals surface area (Å²) in [4.78, 5) is 5.40. The third-order valence-electron chi connectivity index (χ3n) is 3.83. The van der Waals surface area contributed by atoms with Gasteiger partial charge in [0.15, 0.2) is 0 Å². The summed E-state index contributed by atoms with van der Waals surface area (Å²) in [6.45, 7) is 1.99. The van der Waals surface area contributed by atoms with Crippen LogP contribution in [0.15, 0.2) is 30.5 Å². The van der Waals surface area contributed by atoms with Gasteiger partial charge < -0.3 is 5.32 Å². The summed E-state index contributed by atoms with van der Waals surface area (Å²) >= 11 is 1.62. The second-order valence-electron chi connectivity index (χ2n) is 5.30. The van der Waals surface area contributed by atoms with Crippen LogP contribution in [0.3, 0.4) is 0 Å². The Labute approximate surface area is 121 Å². The first kappa shape index (κ1) is 11.9. The van der Waals surface area contributed by atoms with Crippen molar-refractivity contribution < 1.29 is 0 Å². The van der Waals surface area contributed by atoms with Crippen molar-refractivity contribution in [2.45, 2.75) is 32.2 Å². The maximum atomic E-state index is 4.56. The van der Waals surface area contributed by atoms with Crippen molar-refractivity contribution in [3.63, 3.8) is 0 Å². The van der Waals surface area contributed by atoms with Crippen LogP contribution in [0.1, 0.15) is 35.7 Å². The quantitative estimate of drug-likeness (QED) is 0.782. The first-order valence-corrected chi connectivity index (χ1v) is 7.78. The van der Waals surface area contributed by atoms with Crippen LogP contribution in [-0.2, 0) is 6.42 Å². The molecular weight excluding hydrogens is 268 g/mol. The second kappa shape index (κ2) is 4.59. The molecule has 2 aromatic heterocycles. The number of imidazole rings is 1. The van der Waals surface area contributed by atoms with Crippen LogP contribution in [0, 0.1) is 6.92 Å². The van der Waals surface area contributed by atoms with E-state index in [2.05, 4.69) is 39.7 Å². The molecule has 5 heteroatoms. The normalized spacial score (nSPS) is 18.1. The molecule has 0 radical (unpaired) electrons. The number of anilines is 1. The molecule has 4 rings (SSSR count). The molecule has 2 heterocycles. The van der Waals surface area contributed by atoms with Crippen LogP contribution in [0.5, 0.6) is 0 Å². The number of nitrogens with zero attached hydrogens (tertiary/aromatic N) is 3. The van der Waals surface area contributed by atoms with Crippen LogP contribution in [0.4, 0.5) is 5.13 Å². The Bertz CT molecular complexity index is 727. The van der Waals surface area contributed by atoms with E-state index >= 15 is 0 Å². The number of hydrogen-bond donors (Lipinski definition) is 1. The molecule has 1 N–H and O–H groups in total. The van der Waals surface area contributed by atoms with Gasteiger partial charge in [-0.15, -0.1) is 5.10 Å². The Balaban J connectivity index is 1.64. The molecular formula is C15H16N4S. The second-order valence-corrected chi connectivity index (χ2v) is 6.26. The van der Waals surface area contributed by atoms with Crippen molar-refractivity contribution in [3.05, 3.63) is 47.3 Å². The Morgan fingerprint density at radius 1 is 1.35 bits per heavy atom. The van der Waals surface area contributed by atoms with Gasteiger partial charge in [-0.1, -0.05) is 35.6 Å². The Morgan fingerprint density at radius 2 is 2.25 bits per heavy atom. The van der Waals surface area contributed by atoms with Gasteiger partial charge in [0.25, 0.3) is 0 Å². The molecule has 0 aliphatic heterocycles. The smallest absolute Gasteiger partial charge is 0.214 e. The van der Waals surface area contributed by atoms with Gasteiger partial charge in [-0.05, 0) is 37.3 Å². The van der Waals surface area contributed by atoms with Gasteiger partial charge in [0.05, 0.1) is 17.9 Å². The largest absolute Gasteiger partial charge is 0.353 e. The SMILES string of the molecule is Cc1cn2nc(NC3CCCc4ccccc43)sc2n1. The lowest BCUT2D eigenvalue weighted by Crippen LogP contribution is -2.17. The fourth-order valence-electron chi connectivity index (χ4n) is 2.92. The third kappa shape index (κ3) is 1.98. The van der Waals surface area contributed by atoms with Crippen molar-refractivity contribution >= 4 is 21.4 Å². The van der Waals surface area contributed by atoms with E-state index in [0.29, 0.717) is 6.04 Å². The highest BCUT2D eigenvalue weighted by atomic mass is 32.1. The van der Waals surface area contributed by atoms with Gasteiger partial charge in [-0.2, -0.15) is 0 Å². The van der Waals surface area contributed by atoms with Gasteiger partial charge in [0, 0.05) is 0 Å². The maximum absolute atomic E-state index is 4.56. The molecule has 1 aliphatic carbocycles. The summed E-state index contributed by atoms with van der Waals surface area (Å²) in [6.07, 6.45) is 5.55. The first-order valence-electron chi connectivity index (χ1n) is 6.97. The van der Waals surface area contributed by atoms with E-state index < -0.39 is 0 Å². The number of hydrogen-bond acceptors (Lipinski definition) is 4. The van der Waals surface area contributed by atoms with E-state index in [1.807, 2.05) is 17.6 Å². The van der Waals surface area contributed by atoms with E-state index in [9.17, 15) is 0 Å². The molecule has 0 saturated carbocycles. The predicted molar refractivity (Wildman–Crippen MR) is 81.3 cm³/mol. The van der Waals surface area contributed by atoms with Crippen LogP contribution in [-0.4, -0.2) is 14.6 Å².